The Hall–Kier alpha value is -1.08. The van der Waals surface area contributed by atoms with E-state index in [2.05, 4.69) is 6.07 Å². The number of piperidine rings is 1. The first-order valence-electron chi connectivity index (χ1n) is 7.98. The highest BCUT2D eigenvalue weighted by Gasteiger charge is 2.42. The number of nitrogens with zero attached hydrogens (tertiary/aromatic N) is 2. The van der Waals surface area contributed by atoms with Gasteiger partial charge in [-0.05, 0) is 38.5 Å². The highest BCUT2D eigenvalue weighted by Crippen LogP contribution is 2.37. The molecular formula is C16H26N2O2. The summed E-state index contributed by atoms with van der Waals surface area (Å²) in [5.74, 6) is 0.345. The topological polar surface area (TPSA) is 64.3 Å². The molecule has 2 fully saturated rings. The molecule has 0 aromatic rings. The second-order valence-electron chi connectivity index (χ2n) is 6.48. The maximum atomic E-state index is 12.8. The van der Waals surface area contributed by atoms with Crippen molar-refractivity contribution in [3.05, 3.63) is 0 Å². The monoisotopic (exact) mass is 278 g/mol. The van der Waals surface area contributed by atoms with E-state index in [1.54, 1.807) is 0 Å². The van der Waals surface area contributed by atoms with Crippen molar-refractivity contribution in [1.82, 2.24) is 4.90 Å². The van der Waals surface area contributed by atoms with Gasteiger partial charge in [0, 0.05) is 13.1 Å². The summed E-state index contributed by atoms with van der Waals surface area (Å²) in [7, 11) is 0. The summed E-state index contributed by atoms with van der Waals surface area (Å²) in [5, 5.41) is 19.2. The number of carbonyl (C=O) groups excluding carboxylic acids is 1. The van der Waals surface area contributed by atoms with Gasteiger partial charge in [-0.3, -0.25) is 4.79 Å². The van der Waals surface area contributed by atoms with Gasteiger partial charge >= 0.3 is 0 Å². The van der Waals surface area contributed by atoms with Gasteiger partial charge in [-0.25, -0.2) is 0 Å². The van der Waals surface area contributed by atoms with Crippen molar-refractivity contribution < 1.29 is 9.90 Å². The number of carbonyl (C=O) groups is 1. The lowest BCUT2D eigenvalue weighted by atomic mass is 9.79. The highest BCUT2D eigenvalue weighted by molar-refractivity contribution is 5.85. The maximum absolute atomic E-state index is 12.8. The number of nitriles is 1. The SMILES string of the molecule is CC(O)C1CCN(C(=O)C2(C#N)CCCCCC2)CC1. The fourth-order valence-corrected chi connectivity index (χ4v) is 3.59. The minimum absolute atomic E-state index is 0.0472. The van der Waals surface area contributed by atoms with Gasteiger partial charge in [0.2, 0.25) is 5.91 Å². The van der Waals surface area contributed by atoms with Crippen LogP contribution < -0.4 is 0 Å². The summed E-state index contributed by atoms with van der Waals surface area (Å²) in [6.07, 6.45) is 7.11. The summed E-state index contributed by atoms with van der Waals surface area (Å²) in [5.41, 5.74) is -0.770. The molecular weight excluding hydrogens is 252 g/mol. The standard InChI is InChI=1S/C16H26N2O2/c1-13(19)14-6-10-18(11-7-14)15(20)16(12-17)8-4-2-3-5-9-16/h13-14,19H,2-11H2,1H3. The van der Waals surface area contributed by atoms with Crippen LogP contribution in [0.4, 0.5) is 0 Å². The Morgan fingerprint density at radius 1 is 1.25 bits per heavy atom. The van der Waals surface area contributed by atoms with Crippen LogP contribution in [0.5, 0.6) is 0 Å². The summed E-state index contributed by atoms with van der Waals surface area (Å²) < 4.78 is 0. The van der Waals surface area contributed by atoms with Crippen molar-refractivity contribution in [2.45, 2.75) is 64.4 Å². The average molecular weight is 278 g/mol. The molecule has 1 amide bonds. The van der Waals surface area contributed by atoms with E-state index in [4.69, 9.17) is 0 Å². The van der Waals surface area contributed by atoms with Crippen molar-refractivity contribution >= 4 is 5.91 Å². The lowest BCUT2D eigenvalue weighted by molar-refractivity contribution is -0.141. The molecule has 112 valence electrons. The Morgan fingerprint density at radius 2 is 1.80 bits per heavy atom. The average Bonchev–Trinajstić information content (AvgIpc) is 2.73. The third-order valence-electron chi connectivity index (χ3n) is 5.09. The summed E-state index contributed by atoms with van der Waals surface area (Å²) >= 11 is 0. The molecule has 1 saturated heterocycles. The van der Waals surface area contributed by atoms with E-state index in [1.807, 2.05) is 11.8 Å². The number of hydrogen-bond acceptors (Lipinski definition) is 3. The maximum Gasteiger partial charge on any atom is 0.243 e. The Morgan fingerprint density at radius 3 is 2.25 bits per heavy atom. The Balaban J connectivity index is 2.01. The predicted molar refractivity (Wildman–Crippen MR) is 76.7 cm³/mol. The van der Waals surface area contributed by atoms with Crippen LogP contribution in [-0.4, -0.2) is 35.1 Å². The molecule has 0 spiro atoms. The first kappa shape index (κ1) is 15.3. The molecule has 4 heteroatoms. The third kappa shape index (κ3) is 3.15. The van der Waals surface area contributed by atoms with Crippen molar-refractivity contribution in [3.8, 4) is 6.07 Å². The smallest absolute Gasteiger partial charge is 0.243 e. The normalized spacial score (nSPS) is 25.6. The fraction of sp³-hybridized carbons (Fsp3) is 0.875. The molecule has 1 aliphatic carbocycles. The predicted octanol–water partition coefficient (Wildman–Crippen LogP) is 2.47. The molecule has 1 N–H and O–H groups in total. The minimum atomic E-state index is -0.770. The summed E-state index contributed by atoms with van der Waals surface area (Å²) in [4.78, 5) is 14.6. The number of rotatable bonds is 2. The molecule has 1 atom stereocenters. The van der Waals surface area contributed by atoms with Gasteiger partial charge in [-0.1, -0.05) is 25.7 Å². The molecule has 2 rings (SSSR count). The molecule has 1 aliphatic heterocycles. The van der Waals surface area contributed by atoms with Gasteiger partial charge in [0.25, 0.3) is 0 Å². The third-order valence-corrected chi connectivity index (χ3v) is 5.09. The van der Waals surface area contributed by atoms with Crippen LogP contribution >= 0.6 is 0 Å². The van der Waals surface area contributed by atoms with Crippen LogP contribution in [0.3, 0.4) is 0 Å². The molecule has 0 bridgehead atoms. The van der Waals surface area contributed by atoms with Crippen LogP contribution in [0.1, 0.15) is 58.3 Å². The van der Waals surface area contributed by atoms with Crippen molar-refractivity contribution in [2.75, 3.05) is 13.1 Å². The largest absolute Gasteiger partial charge is 0.393 e. The zero-order chi connectivity index (χ0) is 14.6. The van der Waals surface area contributed by atoms with Crippen LogP contribution in [-0.2, 0) is 4.79 Å². The van der Waals surface area contributed by atoms with E-state index >= 15 is 0 Å². The summed E-state index contributed by atoms with van der Waals surface area (Å²) in [6, 6.07) is 2.35. The first-order chi connectivity index (χ1) is 9.59. The molecule has 4 nitrogen and oxygen atoms in total. The Bertz CT molecular complexity index is 370. The van der Waals surface area contributed by atoms with Crippen LogP contribution in [0.15, 0.2) is 0 Å². The molecule has 1 unspecified atom stereocenters. The van der Waals surface area contributed by atoms with E-state index in [-0.39, 0.29) is 12.0 Å². The van der Waals surface area contributed by atoms with Gasteiger partial charge in [-0.2, -0.15) is 5.26 Å². The molecule has 1 heterocycles. The van der Waals surface area contributed by atoms with Crippen molar-refractivity contribution in [2.24, 2.45) is 11.3 Å². The van der Waals surface area contributed by atoms with Crippen LogP contribution in [0.2, 0.25) is 0 Å². The lowest BCUT2D eigenvalue weighted by Crippen LogP contribution is -2.47. The number of aliphatic hydroxyl groups excluding tert-OH is 1. The van der Waals surface area contributed by atoms with E-state index in [0.717, 1.165) is 51.4 Å². The van der Waals surface area contributed by atoms with E-state index < -0.39 is 5.41 Å². The molecule has 0 radical (unpaired) electrons. The van der Waals surface area contributed by atoms with Crippen LogP contribution in [0, 0.1) is 22.7 Å². The fourth-order valence-electron chi connectivity index (χ4n) is 3.59. The quantitative estimate of drug-likeness (QED) is 0.789. The second kappa shape index (κ2) is 6.58. The lowest BCUT2D eigenvalue weighted by Gasteiger charge is -2.37. The Kier molecular flexibility index (Phi) is 5.04. The van der Waals surface area contributed by atoms with E-state index in [9.17, 15) is 15.2 Å². The molecule has 0 aromatic carbocycles. The number of aliphatic hydroxyl groups is 1. The zero-order valence-corrected chi connectivity index (χ0v) is 12.5. The van der Waals surface area contributed by atoms with Gasteiger partial charge in [0.05, 0.1) is 12.2 Å². The van der Waals surface area contributed by atoms with Crippen LogP contribution in [0.25, 0.3) is 0 Å². The van der Waals surface area contributed by atoms with Gasteiger partial charge in [0.15, 0.2) is 0 Å². The second-order valence-corrected chi connectivity index (χ2v) is 6.48. The van der Waals surface area contributed by atoms with E-state index in [1.165, 1.54) is 0 Å². The number of likely N-dealkylation sites (tertiary alicyclic amines) is 1. The zero-order valence-electron chi connectivity index (χ0n) is 12.5. The highest BCUT2D eigenvalue weighted by atomic mass is 16.3. The number of hydrogen-bond donors (Lipinski definition) is 1. The minimum Gasteiger partial charge on any atom is -0.393 e. The molecule has 0 aromatic heterocycles. The first-order valence-corrected chi connectivity index (χ1v) is 7.98. The van der Waals surface area contributed by atoms with Gasteiger partial charge in [0.1, 0.15) is 5.41 Å². The molecule has 1 saturated carbocycles. The van der Waals surface area contributed by atoms with E-state index in [0.29, 0.717) is 19.0 Å². The Labute approximate surface area is 121 Å². The van der Waals surface area contributed by atoms with Gasteiger partial charge in [-0.15, -0.1) is 0 Å². The van der Waals surface area contributed by atoms with Gasteiger partial charge < -0.3 is 10.0 Å². The number of amides is 1. The summed E-state index contributed by atoms with van der Waals surface area (Å²) in [6.45, 7) is 3.21. The molecule has 20 heavy (non-hydrogen) atoms. The van der Waals surface area contributed by atoms with Crippen molar-refractivity contribution in [3.63, 3.8) is 0 Å². The van der Waals surface area contributed by atoms with Crippen molar-refractivity contribution in [1.29, 1.82) is 5.26 Å². The molecule has 2 aliphatic rings.